The van der Waals surface area contributed by atoms with Crippen molar-refractivity contribution in [2.45, 2.75) is 20.5 Å². The number of nitrogens with zero attached hydrogens (tertiary/aromatic N) is 1. The molecule has 3 aromatic rings. The molecular formula is C27H22BrClN2O5. The molecule has 0 radical (unpaired) electrons. The van der Waals surface area contributed by atoms with Gasteiger partial charge in [0.15, 0.2) is 11.5 Å². The molecule has 4 amide bonds. The molecule has 0 bridgehead atoms. The number of nitrogens with one attached hydrogen (secondary N) is 1. The minimum absolute atomic E-state index is 0.172. The molecule has 0 atom stereocenters. The van der Waals surface area contributed by atoms with Crippen LogP contribution in [-0.2, 0) is 16.2 Å². The van der Waals surface area contributed by atoms with Crippen molar-refractivity contribution in [3.8, 4) is 11.5 Å². The number of urea groups is 1. The number of halogens is 2. The molecule has 1 heterocycles. The van der Waals surface area contributed by atoms with Gasteiger partial charge in [-0.25, -0.2) is 9.69 Å². The Morgan fingerprint density at radius 3 is 2.42 bits per heavy atom. The predicted octanol–water partition coefficient (Wildman–Crippen LogP) is 6.06. The Morgan fingerprint density at radius 1 is 0.972 bits per heavy atom. The molecule has 7 nitrogen and oxygen atoms in total. The van der Waals surface area contributed by atoms with Crippen molar-refractivity contribution < 1.29 is 23.9 Å². The van der Waals surface area contributed by atoms with Gasteiger partial charge in [-0.15, -0.1) is 0 Å². The molecule has 36 heavy (non-hydrogen) atoms. The first-order valence-corrected chi connectivity index (χ1v) is 12.3. The maximum Gasteiger partial charge on any atom is 0.335 e. The minimum Gasteiger partial charge on any atom is -0.490 e. The van der Waals surface area contributed by atoms with Crippen LogP contribution in [0.1, 0.15) is 23.6 Å². The summed E-state index contributed by atoms with van der Waals surface area (Å²) in [5.41, 5.74) is 2.39. The third-order valence-electron chi connectivity index (χ3n) is 5.39. The first-order valence-electron chi connectivity index (χ1n) is 11.1. The van der Waals surface area contributed by atoms with Crippen LogP contribution < -0.4 is 19.7 Å². The van der Waals surface area contributed by atoms with Crippen LogP contribution in [0.3, 0.4) is 0 Å². The molecule has 1 aliphatic rings. The lowest BCUT2D eigenvalue weighted by Gasteiger charge is -2.27. The highest BCUT2D eigenvalue weighted by Gasteiger charge is 2.37. The lowest BCUT2D eigenvalue weighted by molar-refractivity contribution is -0.122. The number of carbonyl (C=O) groups is 3. The van der Waals surface area contributed by atoms with Crippen LogP contribution in [0.25, 0.3) is 6.08 Å². The average molecular weight is 570 g/mol. The molecule has 0 aliphatic carbocycles. The lowest BCUT2D eigenvalue weighted by Crippen LogP contribution is -2.54. The number of hydrogen-bond acceptors (Lipinski definition) is 5. The third-order valence-corrected chi connectivity index (χ3v) is 6.13. The summed E-state index contributed by atoms with van der Waals surface area (Å²) in [5, 5.41) is 2.89. The van der Waals surface area contributed by atoms with E-state index in [1.807, 2.05) is 19.1 Å². The maximum absolute atomic E-state index is 13.2. The van der Waals surface area contributed by atoms with E-state index in [2.05, 4.69) is 21.2 Å². The summed E-state index contributed by atoms with van der Waals surface area (Å²) < 4.78 is 12.5. The first-order chi connectivity index (χ1) is 17.3. The summed E-state index contributed by atoms with van der Waals surface area (Å²) in [5.74, 6) is -0.510. The second-order valence-electron chi connectivity index (χ2n) is 7.94. The van der Waals surface area contributed by atoms with Gasteiger partial charge in [-0.3, -0.25) is 14.9 Å². The molecule has 1 fully saturated rings. The Labute approximate surface area is 221 Å². The lowest BCUT2D eigenvalue weighted by atomic mass is 10.1. The van der Waals surface area contributed by atoms with Crippen LogP contribution in [0.15, 0.2) is 70.7 Å². The Hall–Kier alpha value is -3.62. The summed E-state index contributed by atoms with van der Waals surface area (Å²) in [6, 6.07) is 16.8. The van der Waals surface area contributed by atoms with Gasteiger partial charge in [0.1, 0.15) is 12.2 Å². The van der Waals surface area contributed by atoms with Crippen molar-refractivity contribution in [3.63, 3.8) is 0 Å². The van der Waals surface area contributed by atoms with Crippen molar-refractivity contribution in [1.29, 1.82) is 0 Å². The molecule has 0 aromatic heterocycles. The Balaban J connectivity index is 1.62. The third kappa shape index (κ3) is 5.61. The Morgan fingerprint density at radius 2 is 1.72 bits per heavy atom. The Bertz CT molecular complexity index is 1370. The molecule has 9 heteroatoms. The van der Waals surface area contributed by atoms with Crippen LogP contribution in [0, 0.1) is 6.92 Å². The summed E-state index contributed by atoms with van der Waals surface area (Å²) in [4.78, 5) is 39.3. The highest BCUT2D eigenvalue weighted by Crippen LogP contribution is 2.32. The van der Waals surface area contributed by atoms with Gasteiger partial charge >= 0.3 is 6.03 Å². The summed E-state index contributed by atoms with van der Waals surface area (Å²) >= 11 is 9.31. The fourth-order valence-electron chi connectivity index (χ4n) is 3.66. The summed E-state index contributed by atoms with van der Waals surface area (Å²) in [6.45, 7) is 4.32. The number of amides is 4. The van der Waals surface area contributed by atoms with E-state index in [0.717, 1.165) is 14.9 Å². The number of imide groups is 2. The van der Waals surface area contributed by atoms with Gasteiger partial charge in [-0.05, 0) is 79.1 Å². The molecule has 184 valence electrons. The fourth-order valence-corrected chi connectivity index (χ4v) is 4.26. The number of carbonyl (C=O) groups excluding carboxylic acids is 3. The molecule has 0 spiro atoms. The summed E-state index contributed by atoms with van der Waals surface area (Å²) in [6.07, 6.45) is 1.43. The number of rotatable bonds is 7. The smallest absolute Gasteiger partial charge is 0.335 e. The van der Waals surface area contributed by atoms with Gasteiger partial charge in [0.2, 0.25) is 0 Å². The van der Waals surface area contributed by atoms with Gasteiger partial charge in [0.05, 0.1) is 12.3 Å². The maximum atomic E-state index is 13.2. The number of ether oxygens (including phenoxy) is 2. The van der Waals surface area contributed by atoms with Gasteiger partial charge in [-0.2, -0.15) is 0 Å². The molecular weight excluding hydrogens is 548 g/mol. The van der Waals surface area contributed by atoms with Crippen molar-refractivity contribution >= 4 is 57.1 Å². The standard InChI is InChI=1S/C27H22BrClN2O5/c1-3-35-24-14-18(6-11-23(24)36-15-17-4-8-20(29)9-5-17)13-21-25(32)30-27(34)31(26(21)33)22-10-7-19(28)12-16(22)2/h4-14H,3,15H2,1-2H3,(H,30,32,34)/b21-13-. The van der Waals surface area contributed by atoms with E-state index in [1.165, 1.54) is 6.08 Å². The van der Waals surface area contributed by atoms with E-state index in [-0.39, 0.29) is 5.57 Å². The average Bonchev–Trinajstić information content (AvgIpc) is 2.83. The SMILES string of the molecule is CCOc1cc(/C=C2/C(=O)NC(=O)N(c3ccc(Br)cc3C)C2=O)ccc1OCc1ccc(Cl)cc1. The number of hydrogen-bond donors (Lipinski definition) is 1. The highest BCUT2D eigenvalue weighted by atomic mass is 79.9. The number of barbiturate groups is 1. The topological polar surface area (TPSA) is 84.9 Å². The van der Waals surface area contributed by atoms with E-state index in [0.29, 0.717) is 46.5 Å². The van der Waals surface area contributed by atoms with Crippen molar-refractivity contribution in [2.75, 3.05) is 11.5 Å². The normalized spacial score (nSPS) is 14.7. The number of aryl methyl sites for hydroxylation is 1. The molecule has 4 rings (SSSR count). The van der Waals surface area contributed by atoms with Gasteiger partial charge in [0, 0.05) is 9.50 Å². The van der Waals surface area contributed by atoms with Crippen LogP contribution >= 0.6 is 27.5 Å². The second kappa shape index (κ2) is 11.0. The predicted molar refractivity (Wildman–Crippen MR) is 141 cm³/mol. The Kier molecular flexibility index (Phi) is 7.76. The molecule has 1 saturated heterocycles. The minimum atomic E-state index is -0.798. The van der Waals surface area contributed by atoms with E-state index in [9.17, 15) is 14.4 Å². The number of benzene rings is 3. The quantitative estimate of drug-likeness (QED) is 0.276. The van der Waals surface area contributed by atoms with Gasteiger partial charge in [-0.1, -0.05) is 45.7 Å². The molecule has 1 N–H and O–H groups in total. The largest absolute Gasteiger partial charge is 0.490 e. The zero-order chi connectivity index (χ0) is 25.8. The zero-order valence-corrected chi connectivity index (χ0v) is 21.9. The molecule has 3 aromatic carbocycles. The molecule has 0 saturated carbocycles. The molecule has 1 aliphatic heterocycles. The molecule has 0 unspecified atom stereocenters. The van der Waals surface area contributed by atoms with E-state index >= 15 is 0 Å². The number of anilines is 1. The van der Waals surface area contributed by atoms with E-state index < -0.39 is 17.8 Å². The second-order valence-corrected chi connectivity index (χ2v) is 9.30. The van der Waals surface area contributed by atoms with Gasteiger partial charge in [0.25, 0.3) is 11.8 Å². The van der Waals surface area contributed by atoms with Crippen molar-refractivity contribution in [2.24, 2.45) is 0 Å². The first kappa shape index (κ1) is 25.5. The zero-order valence-electron chi connectivity index (χ0n) is 19.5. The van der Waals surface area contributed by atoms with Gasteiger partial charge < -0.3 is 9.47 Å². The van der Waals surface area contributed by atoms with Crippen molar-refractivity contribution in [3.05, 3.63) is 92.4 Å². The van der Waals surface area contributed by atoms with Crippen LogP contribution in [0.5, 0.6) is 11.5 Å². The van der Waals surface area contributed by atoms with Crippen molar-refractivity contribution in [1.82, 2.24) is 5.32 Å². The van der Waals surface area contributed by atoms with E-state index in [1.54, 1.807) is 55.5 Å². The van der Waals surface area contributed by atoms with Crippen LogP contribution in [0.4, 0.5) is 10.5 Å². The van der Waals surface area contributed by atoms with E-state index in [4.69, 9.17) is 21.1 Å². The summed E-state index contributed by atoms with van der Waals surface area (Å²) in [7, 11) is 0. The van der Waals surface area contributed by atoms with Crippen LogP contribution in [-0.4, -0.2) is 24.5 Å². The fraction of sp³-hybridized carbons (Fsp3) is 0.148. The highest BCUT2D eigenvalue weighted by molar-refractivity contribution is 9.10. The monoisotopic (exact) mass is 568 g/mol. The van der Waals surface area contributed by atoms with Crippen LogP contribution in [0.2, 0.25) is 5.02 Å².